The van der Waals surface area contributed by atoms with Crippen LogP contribution in [0.25, 0.3) is 0 Å². The molecule has 4 heteroatoms. The Morgan fingerprint density at radius 2 is 2.12 bits per heavy atom. The summed E-state index contributed by atoms with van der Waals surface area (Å²) in [4.78, 5) is 11.9. The number of hydrogen-bond acceptors (Lipinski definition) is 4. The van der Waals surface area contributed by atoms with Gasteiger partial charge in [0.25, 0.3) is 0 Å². The van der Waals surface area contributed by atoms with E-state index in [1.54, 1.807) is 0 Å². The average Bonchev–Trinajstić information content (AvgIpc) is 2.37. The van der Waals surface area contributed by atoms with E-state index in [1.807, 2.05) is 0 Å². The first-order chi connectivity index (χ1) is 8.25. The Kier molecular flexibility index (Phi) is 4.80. The Labute approximate surface area is 103 Å². The lowest BCUT2D eigenvalue weighted by Gasteiger charge is -2.27. The standard InChI is InChI=1S/C13H23NO3/c1-10-8-12(2-5-14-10)13(15)17-9-11-3-6-16-7-4-11/h10-12,14H,2-9H2,1H3. The maximum Gasteiger partial charge on any atom is 0.309 e. The monoisotopic (exact) mass is 241 g/mol. The Bertz CT molecular complexity index is 251. The molecule has 2 aliphatic rings. The lowest BCUT2D eigenvalue weighted by Crippen LogP contribution is -2.39. The summed E-state index contributed by atoms with van der Waals surface area (Å²) in [5, 5.41) is 3.35. The third-order valence-corrected chi connectivity index (χ3v) is 3.76. The summed E-state index contributed by atoms with van der Waals surface area (Å²) in [6, 6.07) is 0.435. The fraction of sp³-hybridized carbons (Fsp3) is 0.923. The average molecular weight is 241 g/mol. The second kappa shape index (κ2) is 6.36. The molecule has 0 bridgehead atoms. The van der Waals surface area contributed by atoms with Gasteiger partial charge in [0, 0.05) is 19.3 Å². The van der Waals surface area contributed by atoms with E-state index < -0.39 is 0 Å². The number of hydrogen-bond donors (Lipinski definition) is 1. The lowest BCUT2D eigenvalue weighted by molar-refractivity contribution is -0.152. The first-order valence-corrected chi connectivity index (χ1v) is 6.73. The predicted octanol–water partition coefficient (Wildman–Crippen LogP) is 1.34. The zero-order valence-corrected chi connectivity index (χ0v) is 10.6. The molecule has 2 rings (SSSR count). The Morgan fingerprint density at radius 1 is 1.35 bits per heavy atom. The van der Waals surface area contributed by atoms with Gasteiger partial charge < -0.3 is 14.8 Å². The lowest BCUT2D eigenvalue weighted by atomic mass is 9.93. The van der Waals surface area contributed by atoms with Gasteiger partial charge in [-0.3, -0.25) is 4.79 Å². The van der Waals surface area contributed by atoms with E-state index in [9.17, 15) is 4.79 Å². The van der Waals surface area contributed by atoms with Gasteiger partial charge in [0.2, 0.25) is 0 Å². The maximum absolute atomic E-state index is 11.9. The van der Waals surface area contributed by atoms with E-state index in [0.717, 1.165) is 45.4 Å². The highest BCUT2D eigenvalue weighted by Gasteiger charge is 2.26. The van der Waals surface area contributed by atoms with Gasteiger partial charge in [0.05, 0.1) is 12.5 Å². The highest BCUT2D eigenvalue weighted by molar-refractivity contribution is 5.72. The second-order valence-corrected chi connectivity index (χ2v) is 5.26. The number of rotatable bonds is 3. The number of carbonyl (C=O) groups is 1. The van der Waals surface area contributed by atoms with Crippen LogP contribution in [0.1, 0.15) is 32.6 Å². The smallest absolute Gasteiger partial charge is 0.309 e. The first-order valence-electron chi connectivity index (χ1n) is 6.73. The van der Waals surface area contributed by atoms with E-state index >= 15 is 0 Å². The topological polar surface area (TPSA) is 47.6 Å². The molecule has 2 atom stereocenters. The molecule has 4 nitrogen and oxygen atoms in total. The molecule has 17 heavy (non-hydrogen) atoms. The molecule has 2 heterocycles. The molecular weight excluding hydrogens is 218 g/mol. The summed E-state index contributed by atoms with van der Waals surface area (Å²) in [5.41, 5.74) is 0. The normalized spacial score (nSPS) is 31.1. The number of carbonyl (C=O) groups excluding carboxylic acids is 1. The minimum Gasteiger partial charge on any atom is -0.465 e. The van der Waals surface area contributed by atoms with Crippen molar-refractivity contribution in [2.24, 2.45) is 11.8 Å². The van der Waals surface area contributed by atoms with Crippen LogP contribution in [-0.4, -0.2) is 38.4 Å². The van der Waals surface area contributed by atoms with Crippen LogP contribution in [-0.2, 0) is 14.3 Å². The zero-order valence-electron chi connectivity index (χ0n) is 10.6. The van der Waals surface area contributed by atoms with Gasteiger partial charge >= 0.3 is 5.97 Å². The molecule has 0 aromatic rings. The zero-order chi connectivity index (χ0) is 12.1. The Balaban J connectivity index is 1.69. The van der Waals surface area contributed by atoms with Crippen molar-refractivity contribution in [3.63, 3.8) is 0 Å². The molecule has 0 aromatic carbocycles. The van der Waals surface area contributed by atoms with E-state index in [1.165, 1.54) is 0 Å². The molecule has 1 N–H and O–H groups in total. The summed E-state index contributed by atoms with van der Waals surface area (Å²) in [6.07, 6.45) is 3.87. The van der Waals surface area contributed by atoms with Crippen LogP contribution in [0.5, 0.6) is 0 Å². The molecular formula is C13H23NO3. The summed E-state index contributed by atoms with van der Waals surface area (Å²) >= 11 is 0. The minimum atomic E-state index is 0.00448. The van der Waals surface area contributed by atoms with E-state index in [2.05, 4.69) is 12.2 Å². The van der Waals surface area contributed by atoms with Crippen LogP contribution in [0, 0.1) is 11.8 Å². The molecule has 98 valence electrons. The fourth-order valence-electron chi connectivity index (χ4n) is 2.58. The summed E-state index contributed by atoms with van der Waals surface area (Å²) in [7, 11) is 0. The van der Waals surface area contributed by atoms with Gasteiger partial charge in [-0.1, -0.05) is 0 Å². The third-order valence-electron chi connectivity index (χ3n) is 3.76. The minimum absolute atomic E-state index is 0.00448. The summed E-state index contributed by atoms with van der Waals surface area (Å²) < 4.78 is 10.7. The second-order valence-electron chi connectivity index (χ2n) is 5.26. The van der Waals surface area contributed by atoms with Crippen molar-refractivity contribution >= 4 is 5.97 Å². The van der Waals surface area contributed by atoms with E-state index in [-0.39, 0.29) is 11.9 Å². The van der Waals surface area contributed by atoms with Crippen molar-refractivity contribution in [3.8, 4) is 0 Å². The van der Waals surface area contributed by atoms with Gasteiger partial charge in [0.1, 0.15) is 0 Å². The molecule has 2 saturated heterocycles. The molecule has 0 saturated carbocycles. The van der Waals surface area contributed by atoms with Crippen LogP contribution in [0.4, 0.5) is 0 Å². The highest BCUT2D eigenvalue weighted by Crippen LogP contribution is 2.20. The fourth-order valence-corrected chi connectivity index (χ4v) is 2.58. The SMILES string of the molecule is CC1CC(C(=O)OCC2CCOCC2)CCN1. The molecule has 0 aliphatic carbocycles. The van der Waals surface area contributed by atoms with E-state index in [4.69, 9.17) is 9.47 Å². The van der Waals surface area contributed by atoms with Crippen molar-refractivity contribution in [1.29, 1.82) is 0 Å². The van der Waals surface area contributed by atoms with Crippen molar-refractivity contribution in [3.05, 3.63) is 0 Å². The predicted molar refractivity (Wildman–Crippen MR) is 64.7 cm³/mol. The quantitative estimate of drug-likeness (QED) is 0.758. The van der Waals surface area contributed by atoms with Crippen LogP contribution in [0.15, 0.2) is 0 Å². The number of ether oxygens (including phenoxy) is 2. The van der Waals surface area contributed by atoms with Crippen molar-refractivity contribution in [2.45, 2.75) is 38.6 Å². The van der Waals surface area contributed by atoms with Gasteiger partial charge in [-0.15, -0.1) is 0 Å². The molecule has 2 aliphatic heterocycles. The van der Waals surface area contributed by atoms with Gasteiger partial charge in [0.15, 0.2) is 0 Å². The number of esters is 1. The van der Waals surface area contributed by atoms with Crippen LogP contribution in [0.3, 0.4) is 0 Å². The molecule has 0 amide bonds. The Morgan fingerprint density at radius 3 is 2.82 bits per heavy atom. The molecule has 0 aromatic heterocycles. The molecule has 2 fully saturated rings. The summed E-state index contributed by atoms with van der Waals surface area (Å²) in [6.45, 7) is 5.26. The van der Waals surface area contributed by atoms with Crippen molar-refractivity contribution < 1.29 is 14.3 Å². The highest BCUT2D eigenvalue weighted by atomic mass is 16.5. The Hall–Kier alpha value is -0.610. The third kappa shape index (κ3) is 3.96. The van der Waals surface area contributed by atoms with Gasteiger partial charge in [-0.25, -0.2) is 0 Å². The molecule has 0 spiro atoms. The van der Waals surface area contributed by atoms with Gasteiger partial charge in [-0.2, -0.15) is 0 Å². The summed E-state index contributed by atoms with van der Waals surface area (Å²) in [5.74, 6) is 0.614. The first kappa shape index (κ1) is 12.8. The maximum atomic E-state index is 11.9. The van der Waals surface area contributed by atoms with Crippen molar-refractivity contribution in [2.75, 3.05) is 26.4 Å². The largest absolute Gasteiger partial charge is 0.465 e. The number of piperidine rings is 1. The van der Waals surface area contributed by atoms with E-state index in [0.29, 0.717) is 18.6 Å². The van der Waals surface area contributed by atoms with Crippen LogP contribution < -0.4 is 5.32 Å². The van der Waals surface area contributed by atoms with Crippen LogP contribution >= 0.6 is 0 Å². The van der Waals surface area contributed by atoms with Crippen LogP contribution in [0.2, 0.25) is 0 Å². The van der Waals surface area contributed by atoms with Crippen molar-refractivity contribution in [1.82, 2.24) is 5.32 Å². The number of nitrogens with one attached hydrogen (secondary N) is 1. The van der Waals surface area contributed by atoms with Gasteiger partial charge in [-0.05, 0) is 45.1 Å². The molecule has 0 radical (unpaired) electrons. The molecule has 2 unspecified atom stereocenters.